The maximum absolute atomic E-state index is 16.1. The van der Waals surface area contributed by atoms with E-state index in [2.05, 4.69) is 21.3 Å². The van der Waals surface area contributed by atoms with Gasteiger partial charge in [0.25, 0.3) is 5.91 Å². The molecule has 2 fully saturated rings. The van der Waals surface area contributed by atoms with Gasteiger partial charge in [-0.25, -0.2) is 4.79 Å². The van der Waals surface area contributed by atoms with Crippen LogP contribution in [0, 0.1) is 11.8 Å². The molecular formula is C34H43ClF2N4O6. The minimum atomic E-state index is -3.58. The minimum Gasteiger partial charge on any atom is -0.439 e. The molecule has 47 heavy (non-hydrogen) atoms. The summed E-state index contributed by atoms with van der Waals surface area (Å²) in [4.78, 5) is 52.1. The summed E-state index contributed by atoms with van der Waals surface area (Å²) in [5.41, 5.74) is 0.266. The second-order valence-electron chi connectivity index (χ2n) is 12.2. The van der Waals surface area contributed by atoms with E-state index >= 15 is 8.78 Å². The van der Waals surface area contributed by atoms with Gasteiger partial charge < -0.3 is 31.1 Å². The predicted octanol–water partition coefficient (Wildman–Crippen LogP) is 4.23. The van der Waals surface area contributed by atoms with Gasteiger partial charge in [0.05, 0.1) is 6.04 Å². The number of hydrogen-bond acceptors (Lipinski definition) is 6. The van der Waals surface area contributed by atoms with Crippen LogP contribution in [0.4, 0.5) is 13.6 Å². The van der Waals surface area contributed by atoms with Gasteiger partial charge in [0.1, 0.15) is 6.04 Å². The van der Waals surface area contributed by atoms with E-state index in [4.69, 9.17) is 16.3 Å². The Kier molecular flexibility index (Phi) is 12.9. The molecule has 1 saturated carbocycles. The fourth-order valence-corrected chi connectivity index (χ4v) is 6.49. The molecule has 0 aromatic heterocycles. The van der Waals surface area contributed by atoms with Crippen molar-refractivity contribution < 1.29 is 37.8 Å². The summed E-state index contributed by atoms with van der Waals surface area (Å²) in [6.07, 6.45) is -1.16. The Labute approximate surface area is 278 Å². The maximum atomic E-state index is 16.1. The summed E-state index contributed by atoms with van der Waals surface area (Å²) >= 11 is 6.03. The van der Waals surface area contributed by atoms with Crippen LogP contribution in [0.3, 0.4) is 0 Å². The van der Waals surface area contributed by atoms with Gasteiger partial charge in [-0.1, -0.05) is 73.3 Å². The number of rotatable bonds is 14. The summed E-state index contributed by atoms with van der Waals surface area (Å²) in [7, 11) is 0. The van der Waals surface area contributed by atoms with Crippen molar-refractivity contribution in [2.45, 2.75) is 88.5 Å². The number of amides is 4. The molecule has 2 aromatic rings. The van der Waals surface area contributed by atoms with E-state index in [-0.39, 0.29) is 35.9 Å². The number of aliphatic hydroxyl groups excluding tert-OH is 1. The number of benzene rings is 2. The second-order valence-corrected chi connectivity index (χ2v) is 12.6. The van der Waals surface area contributed by atoms with Crippen LogP contribution in [0.15, 0.2) is 54.6 Å². The standard InChI is InChI=1S/C34H43ClF2N4O6/c1-2-38-32(45)28(42)26(19-23-16-17-39-30(23)43)40-31(44)27(18-21-10-5-3-6-11-21)41-33(46)47-29(22-12-7-4-8-13-22)34(36,37)24-14-9-15-25(35)20-24/h3,5-6,9-11,14-15,20,22-23,26-29,42H,2,4,7-8,12-13,16-19H2,1H3,(H,38,45)(H,39,43)(H,40,44)(H,41,46)/t23-,26-,27-,28?,29?/m0/s1. The summed E-state index contributed by atoms with van der Waals surface area (Å²) in [5, 5.41) is 21.3. The molecule has 2 aromatic carbocycles. The first kappa shape index (κ1) is 36.1. The molecule has 1 heterocycles. The van der Waals surface area contributed by atoms with Gasteiger partial charge in [-0.15, -0.1) is 0 Å². The van der Waals surface area contributed by atoms with Crippen LogP contribution in [0.25, 0.3) is 0 Å². The Hall–Kier alpha value is -3.77. The number of halogens is 3. The van der Waals surface area contributed by atoms with Crippen molar-refractivity contribution in [2.24, 2.45) is 11.8 Å². The number of likely N-dealkylation sites (N-methyl/N-ethyl adjacent to an activating group) is 1. The largest absolute Gasteiger partial charge is 0.439 e. The van der Waals surface area contributed by atoms with E-state index in [1.54, 1.807) is 37.3 Å². The highest BCUT2D eigenvalue weighted by Gasteiger charge is 2.49. The number of carbonyl (C=O) groups is 4. The molecule has 5 N–H and O–H groups in total. The number of carbonyl (C=O) groups excluding carboxylic acids is 4. The lowest BCUT2D eigenvalue weighted by Gasteiger charge is -2.35. The summed E-state index contributed by atoms with van der Waals surface area (Å²) < 4.78 is 37.7. The average Bonchev–Trinajstić information content (AvgIpc) is 3.47. The van der Waals surface area contributed by atoms with Crippen molar-refractivity contribution in [3.05, 3.63) is 70.7 Å². The van der Waals surface area contributed by atoms with Crippen LogP contribution in [0.2, 0.25) is 5.02 Å². The van der Waals surface area contributed by atoms with Gasteiger partial charge >= 0.3 is 12.0 Å². The highest BCUT2D eigenvalue weighted by Crippen LogP contribution is 2.42. The molecule has 0 spiro atoms. The molecule has 1 aliphatic carbocycles. The van der Waals surface area contributed by atoms with E-state index in [0.29, 0.717) is 44.2 Å². The van der Waals surface area contributed by atoms with Crippen LogP contribution in [-0.4, -0.2) is 66.3 Å². The zero-order valence-corrected chi connectivity index (χ0v) is 27.1. The Morgan fingerprint density at radius 1 is 1.02 bits per heavy atom. The monoisotopic (exact) mass is 676 g/mol. The lowest BCUT2D eigenvalue weighted by Crippen LogP contribution is -2.57. The van der Waals surface area contributed by atoms with E-state index in [1.165, 1.54) is 18.2 Å². The van der Waals surface area contributed by atoms with Crippen LogP contribution in [0.1, 0.15) is 63.0 Å². The third-order valence-corrected chi connectivity index (χ3v) is 9.03. The van der Waals surface area contributed by atoms with Gasteiger partial charge in [0.15, 0.2) is 12.2 Å². The first-order chi connectivity index (χ1) is 22.5. The van der Waals surface area contributed by atoms with Gasteiger partial charge in [0, 0.05) is 41.9 Å². The minimum absolute atomic E-state index is 0.0337. The molecule has 0 radical (unpaired) electrons. The number of nitrogens with one attached hydrogen (secondary N) is 4. The number of hydrogen-bond donors (Lipinski definition) is 5. The molecule has 10 nitrogen and oxygen atoms in total. The number of alkyl carbamates (subject to hydrolysis) is 1. The summed E-state index contributed by atoms with van der Waals surface area (Å²) in [5.74, 6) is -6.54. The van der Waals surface area contributed by atoms with Crippen LogP contribution >= 0.6 is 11.6 Å². The molecule has 256 valence electrons. The molecule has 5 atom stereocenters. The zero-order valence-electron chi connectivity index (χ0n) is 26.4. The van der Waals surface area contributed by atoms with Crippen molar-refractivity contribution >= 4 is 35.4 Å². The number of alkyl halides is 2. The quantitative estimate of drug-likeness (QED) is 0.203. The normalized spacial score (nSPS) is 19.5. The van der Waals surface area contributed by atoms with Crippen molar-refractivity contribution in [3.63, 3.8) is 0 Å². The molecule has 4 rings (SSSR count). The predicted molar refractivity (Wildman–Crippen MR) is 172 cm³/mol. The van der Waals surface area contributed by atoms with Gasteiger partial charge in [-0.05, 0) is 50.3 Å². The van der Waals surface area contributed by atoms with Gasteiger partial charge in [-0.2, -0.15) is 8.78 Å². The smallest absolute Gasteiger partial charge is 0.408 e. The van der Waals surface area contributed by atoms with Crippen LogP contribution in [0.5, 0.6) is 0 Å². The van der Waals surface area contributed by atoms with E-state index in [9.17, 15) is 24.3 Å². The number of ether oxygens (including phenoxy) is 1. The molecular weight excluding hydrogens is 634 g/mol. The highest BCUT2D eigenvalue weighted by atomic mass is 35.5. The molecule has 4 amide bonds. The van der Waals surface area contributed by atoms with Crippen molar-refractivity contribution in [3.8, 4) is 0 Å². The number of aliphatic hydroxyl groups is 1. The Morgan fingerprint density at radius 3 is 2.38 bits per heavy atom. The lowest BCUT2D eigenvalue weighted by atomic mass is 9.81. The fourth-order valence-electron chi connectivity index (χ4n) is 6.30. The molecule has 1 saturated heterocycles. The molecule has 2 aliphatic rings. The van der Waals surface area contributed by atoms with E-state index in [1.807, 2.05) is 0 Å². The first-order valence-corrected chi connectivity index (χ1v) is 16.6. The maximum Gasteiger partial charge on any atom is 0.408 e. The molecule has 2 unspecified atom stereocenters. The Balaban J connectivity index is 1.57. The zero-order chi connectivity index (χ0) is 34.0. The van der Waals surface area contributed by atoms with Crippen LogP contribution in [-0.2, 0) is 31.5 Å². The van der Waals surface area contributed by atoms with Crippen LogP contribution < -0.4 is 21.3 Å². The van der Waals surface area contributed by atoms with Crippen molar-refractivity contribution in [1.82, 2.24) is 21.3 Å². The average molecular weight is 677 g/mol. The molecule has 13 heteroatoms. The first-order valence-electron chi connectivity index (χ1n) is 16.2. The summed E-state index contributed by atoms with van der Waals surface area (Å²) in [6, 6.07) is 11.5. The van der Waals surface area contributed by atoms with E-state index in [0.717, 1.165) is 12.5 Å². The van der Waals surface area contributed by atoms with Gasteiger partial charge in [0.2, 0.25) is 11.8 Å². The lowest BCUT2D eigenvalue weighted by molar-refractivity contribution is -0.145. The van der Waals surface area contributed by atoms with E-state index < -0.39 is 60.0 Å². The molecule has 0 bridgehead atoms. The SMILES string of the molecule is CCNC(=O)C(O)[C@H](C[C@@H]1CCNC1=O)NC(=O)[C@H](Cc1ccccc1)NC(=O)OC(C1CCCCC1)C(F)(F)c1cccc(Cl)c1. The molecule has 1 aliphatic heterocycles. The highest BCUT2D eigenvalue weighted by molar-refractivity contribution is 6.30. The van der Waals surface area contributed by atoms with Crippen molar-refractivity contribution in [1.29, 1.82) is 0 Å². The second kappa shape index (κ2) is 16.9. The third kappa shape index (κ3) is 9.87. The fraction of sp³-hybridized carbons (Fsp3) is 0.529. The third-order valence-electron chi connectivity index (χ3n) is 8.80. The van der Waals surface area contributed by atoms with Gasteiger partial charge in [-0.3, -0.25) is 14.4 Å². The Bertz CT molecular complexity index is 1380. The topological polar surface area (TPSA) is 146 Å². The Morgan fingerprint density at radius 2 is 1.74 bits per heavy atom. The summed E-state index contributed by atoms with van der Waals surface area (Å²) in [6.45, 7) is 2.32. The van der Waals surface area contributed by atoms with Crippen molar-refractivity contribution in [2.75, 3.05) is 13.1 Å².